The first-order valence-corrected chi connectivity index (χ1v) is 4.72. The molecule has 0 aromatic rings. The Hall–Kier alpha value is -0.110. The maximum atomic E-state index is 13.3. The van der Waals surface area contributed by atoms with Crippen molar-refractivity contribution in [2.45, 2.75) is 31.9 Å². The SMILES string of the molecule is F[C@H]1CNCC[C@@H]1C1CCC1. The van der Waals surface area contributed by atoms with E-state index in [4.69, 9.17) is 0 Å². The number of alkyl halides is 1. The van der Waals surface area contributed by atoms with E-state index in [-0.39, 0.29) is 0 Å². The highest BCUT2D eigenvalue weighted by Gasteiger charge is 2.34. The lowest BCUT2D eigenvalue weighted by molar-refractivity contribution is 0.0816. The number of rotatable bonds is 1. The highest BCUT2D eigenvalue weighted by Crippen LogP contribution is 2.38. The Kier molecular flexibility index (Phi) is 2.12. The molecule has 11 heavy (non-hydrogen) atoms. The van der Waals surface area contributed by atoms with Crippen LogP contribution in [-0.2, 0) is 0 Å². The molecule has 1 aliphatic carbocycles. The van der Waals surface area contributed by atoms with Crippen LogP contribution >= 0.6 is 0 Å². The molecule has 64 valence electrons. The third kappa shape index (κ3) is 1.41. The van der Waals surface area contributed by atoms with Crippen molar-refractivity contribution < 1.29 is 4.39 Å². The fourth-order valence-electron chi connectivity index (χ4n) is 2.24. The Morgan fingerprint density at radius 3 is 2.55 bits per heavy atom. The van der Waals surface area contributed by atoms with Crippen LogP contribution in [0.1, 0.15) is 25.7 Å². The lowest BCUT2D eigenvalue weighted by atomic mass is 9.72. The second-order valence-corrected chi connectivity index (χ2v) is 3.86. The normalized spacial score (nSPS) is 40.1. The van der Waals surface area contributed by atoms with Gasteiger partial charge in [0.2, 0.25) is 0 Å². The van der Waals surface area contributed by atoms with Crippen LogP contribution in [0.3, 0.4) is 0 Å². The summed E-state index contributed by atoms with van der Waals surface area (Å²) < 4.78 is 13.3. The van der Waals surface area contributed by atoms with Gasteiger partial charge in [0.15, 0.2) is 0 Å². The number of halogens is 1. The summed E-state index contributed by atoms with van der Waals surface area (Å²) in [6.07, 6.45) is 4.40. The second kappa shape index (κ2) is 3.10. The monoisotopic (exact) mass is 157 g/mol. The third-order valence-electron chi connectivity index (χ3n) is 3.21. The molecule has 2 heteroatoms. The van der Waals surface area contributed by atoms with Crippen LogP contribution in [0.25, 0.3) is 0 Å². The summed E-state index contributed by atoms with van der Waals surface area (Å²) in [5.41, 5.74) is 0. The summed E-state index contributed by atoms with van der Waals surface area (Å²) in [6.45, 7) is 1.63. The van der Waals surface area contributed by atoms with E-state index >= 15 is 0 Å². The molecule has 1 heterocycles. The minimum atomic E-state index is -0.561. The predicted molar refractivity (Wildman–Crippen MR) is 43.2 cm³/mol. The predicted octanol–water partition coefficient (Wildman–Crippen LogP) is 1.73. The van der Waals surface area contributed by atoms with Gasteiger partial charge in [-0.05, 0) is 24.8 Å². The van der Waals surface area contributed by atoms with Crippen LogP contribution < -0.4 is 5.32 Å². The van der Waals surface area contributed by atoms with Crippen LogP contribution in [0.15, 0.2) is 0 Å². The van der Waals surface area contributed by atoms with Gasteiger partial charge in [0.25, 0.3) is 0 Å². The number of hydrogen-bond acceptors (Lipinski definition) is 1. The van der Waals surface area contributed by atoms with Crippen molar-refractivity contribution in [3.63, 3.8) is 0 Å². The molecule has 0 spiro atoms. The van der Waals surface area contributed by atoms with Gasteiger partial charge in [-0.15, -0.1) is 0 Å². The van der Waals surface area contributed by atoms with Gasteiger partial charge in [-0.2, -0.15) is 0 Å². The zero-order valence-electron chi connectivity index (χ0n) is 6.85. The molecule has 1 saturated carbocycles. The van der Waals surface area contributed by atoms with Crippen LogP contribution in [0.5, 0.6) is 0 Å². The lowest BCUT2D eigenvalue weighted by Crippen LogP contribution is -2.42. The summed E-state index contributed by atoms with van der Waals surface area (Å²) in [5.74, 6) is 1.12. The van der Waals surface area contributed by atoms with Crippen molar-refractivity contribution >= 4 is 0 Å². The maximum Gasteiger partial charge on any atom is 0.116 e. The van der Waals surface area contributed by atoms with E-state index in [1.165, 1.54) is 19.3 Å². The van der Waals surface area contributed by atoms with Crippen LogP contribution in [0, 0.1) is 11.8 Å². The van der Waals surface area contributed by atoms with E-state index < -0.39 is 6.17 Å². The summed E-state index contributed by atoms with van der Waals surface area (Å²) in [5, 5.41) is 3.09. The minimum Gasteiger partial charge on any atom is -0.314 e. The molecular weight excluding hydrogens is 141 g/mol. The van der Waals surface area contributed by atoms with Crippen molar-refractivity contribution in [1.29, 1.82) is 0 Å². The lowest BCUT2D eigenvalue weighted by Gasteiger charge is -2.38. The Morgan fingerprint density at radius 2 is 2.00 bits per heavy atom. The zero-order valence-corrected chi connectivity index (χ0v) is 6.85. The molecule has 0 radical (unpaired) electrons. The van der Waals surface area contributed by atoms with Gasteiger partial charge in [-0.3, -0.25) is 0 Å². The van der Waals surface area contributed by atoms with E-state index in [9.17, 15) is 4.39 Å². The molecule has 2 fully saturated rings. The van der Waals surface area contributed by atoms with Crippen molar-refractivity contribution in [3.8, 4) is 0 Å². The van der Waals surface area contributed by atoms with Gasteiger partial charge in [0.05, 0.1) is 0 Å². The van der Waals surface area contributed by atoms with Crippen LogP contribution in [0.2, 0.25) is 0 Å². The molecule has 0 aromatic heterocycles. The van der Waals surface area contributed by atoms with E-state index in [0.717, 1.165) is 18.9 Å². The number of piperidine rings is 1. The van der Waals surface area contributed by atoms with Gasteiger partial charge in [-0.1, -0.05) is 19.3 Å². The Labute approximate surface area is 67.4 Å². The van der Waals surface area contributed by atoms with E-state index in [0.29, 0.717) is 12.5 Å². The highest BCUT2D eigenvalue weighted by molar-refractivity contribution is 4.86. The molecule has 0 aromatic carbocycles. The Balaban J connectivity index is 1.88. The number of hydrogen-bond donors (Lipinski definition) is 1. The fraction of sp³-hybridized carbons (Fsp3) is 1.00. The first kappa shape index (κ1) is 7.53. The molecule has 1 N–H and O–H groups in total. The summed E-state index contributed by atoms with van der Waals surface area (Å²) >= 11 is 0. The first-order chi connectivity index (χ1) is 5.38. The molecule has 1 saturated heterocycles. The third-order valence-corrected chi connectivity index (χ3v) is 3.21. The number of nitrogens with one attached hydrogen (secondary N) is 1. The Morgan fingerprint density at radius 1 is 1.18 bits per heavy atom. The largest absolute Gasteiger partial charge is 0.314 e. The van der Waals surface area contributed by atoms with Crippen molar-refractivity contribution in [3.05, 3.63) is 0 Å². The fourth-order valence-corrected chi connectivity index (χ4v) is 2.24. The summed E-state index contributed by atoms with van der Waals surface area (Å²) in [7, 11) is 0. The van der Waals surface area contributed by atoms with Crippen LogP contribution in [0.4, 0.5) is 4.39 Å². The molecule has 1 nitrogen and oxygen atoms in total. The summed E-state index contributed by atoms with van der Waals surface area (Å²) in [4.78, 5) is 0. The van der Waals surface area contributed by atoms with Gasteiger partial charge < -0.3 is 5.32 Å². The minimum absolute atomic E-state index is 0.394. The molecule has 1 aliphatic heterocycles. The summed E-state index contributed by atoms with van der Waals surface area (Å²) in [6, 6.07) is 0. The van der Waals surface area contributed by atoms with Crippen molar-refractivity contribution in [2.24, 2.45) is 11.8 Å². The molecule has 0 amide bonds. The van der Waals surface area contributed by atoms with Gasteiger partial charge >= 0.3 is 0 Å². The highest BCUT2D eigenvalue weighted by atomic mass is 19.1. The van der Waals surface area contributed by atoms with E-state index in [1.807, 2.05) is 0 Å². The van der Waals surface area contributed by atoms with Gasteiger partial charge in [-0.25, -0.2) is 4.39 Å². The van der Waals surface area contributed by atoms with Crippen molar-refractivity contribution in [2.75, 3.05) is 13.1 Å². The van der Waals surface area contributed by atoms with Gasteiger partial charge in [0, 0.05) is 6.54 Å². The van der Waals surface area contributed by atoms with Crippen LogP contribution in [-0.4, -0.2) is 19.3 Å². The average Bonchev–Trinajstić information content (AvgIpc) is 1.90. The quantitative estimate of drug-likeness (QED) is 0.611. The first-order valence-electron chi connectivity index (χ1n) is 4.72. The maximum absolute atomic E-state index is 13.3. The molecule has 0 unspecified atom stereocenters. The Bertz CT molecular complexity index is 132. The second-order valence-electron chi connectivity index (χ2n) is 3.86. The standard InChI is InChI=1S/C9H16FN/c10-9-6-11-5-4-8(9)7-2-1-3-7/h7-9,11H,1-6H2/t8-,9+/m1/s1. The molecule has 2 aliphatic rings. The average molecular weight is 157 g/mol. The van der Waals surface area contributed by atoms with E-state index in [2.05, 4.69) is 5.32 Å². The molecule has 2 atom stereocenters. The van der Waals surface area contributed by atoms with Crippen molar-refractivity contribution in [1.82, 2.24) is 5.32 Å². The zero-order chi connectivity index (χ0) is 7.68. The van der Waals surface area contributed by atoms with Gasteiger partial charge in [0.1, 0.15) is 6.17 Å². The molecular formula is C9H16FN. The topological polar surface area (TPSA) is 12.0 Å². The smallest absolute Gasteiger partial charge is 0.116 e. The molecule has 2 rings (SSSR count). The molecule has 0 bridgehead atoms. The van der Waals surface area contributed by atoms with E-state index in [1.54, 1.807) is 0 Å².